The van der Waals surface area contributed by atoms with Gasteiger partial charge < -0.3 is 14.1 Å². The lowest BCUT2D eigenvalue weighted by atomic mass is 10.0. The molecular weight excluding hydrogens is 328 g/mol. The van der Waals surface area contributed by atoms with Crippen molar-refractivity contribution in [3.8, 4) is 5.75 Å². The van der Waals surface area contributed by atoms with Gasteiger partial charge in [-0.15, -0.1) is 0 Å². The van der Waals surface area contributed by atoms with Crippen molar-refractivity contribution in [1.82, 2.24) is 4.57 Å². The molecule has 132 valence electrons. The molecule has 3 aromatic rings. The largest absolute Gasteiger partial charge is 0.497 e. The van der Waals surface area contributed by atoms with Gasteiger partial charge in [-0.25, -0.2) is 0 Å². The molecule has 0 saturated heterocycles. The van der Waals surface area contributed by atoms with Crippen LogP contribution >= 0.6 is 0 Å². The number of aryl methyl sites for hydroxylation is 1. The van der Waals surface area contributed by atoms with Gasteiger partial charge in [0.2, 0.25) is 0 Å². The highest BCUT2D eigenvalue weighted by Crippen LogP contribution is 2.22. The molecule has 0 bridgehead atoms. The second-order valence-electron chi connectivity index (χ2n) is 6.49. The lowest BCUT2D eigenvalue weighted by Crippen LogP contribution is -2.27. The van der Waals surface area contributed by atoms with E-state index in [1.54, 1.807) is 17.7 Å². The summed E-state index contributed by atoms with van der Waals surface area (Å²) in [4.78, 5) is 18.1. The fourth-order valence-electron chi connectivity index (χ4n) is 3.37. The third-order valence-corrected chi connectivity index (χ3v) is 4.77. The molecule has 0 spiro atoms. The quantitative estimate of drug-likeness (QED) is 0.725. The van der Waals surface area contributed by atoms with Crippen molar-refractivity contribution in [2.24, 2.45) is 5.16 Å². The second kappa shape index (κ2) is 6.67. The zero-order chi connectivity index (χ0) is 18.1. The van der Waals surface area contributed by atoms with Gasteiger partial charge in [-0.05, 0) is 48.4 Å². The first-order valence-corrected chi connectivity index (χ1v) is 8.62. The molecule has 1 aromatic heterocycles. The van der Waals surface area contributed by atoms with Crippen molar-refractivity contribution < 1.29 is 9.57 Å². The van der Waals surface area contributed by atoms with E-state index in [0.717, 1.165) is 33.5 Å². The van der Waals surface area contributed by atoms with Crippen LogP contribution in [-0.4, -0.2) is 23.5 Å². The van der Waals surface area contributed by atoms with Crippen molar-refractivity contribution >= 4 is 16.6 Å². The Morgan fingerprint density at radius 1 is 1.19 bits per heavy atom. The van der Waals surface area contributed by atoms with Crippen LogP contribution in [0.25, 0.3) is 10.9 Å². The van der Waals surface area contributed by atoms with Crippen molar-refractivity contribution in [2.45, 2.75) is 26.0 Å². The molecule has 0 saturated carbocycles. The van der Waals surface area contributed by atoms with E-state index in [-0.39, 0.29) is 11.7 Å². The molecule has 0 fully saturated rings. The molecule has 0 unspecified atom stereocenters. The predicted octanol–water partition coefficient (Wildman–Crippen LogP) is 3.51. The Morgan fingerprint density at radius 2 is 1.96 bits per heavy atom. The summed E-state index contributed by atoms with van der Waals surface area (Å²) < 4.78 is 6.96. The summed E-state index contributed by atoms with van der Waals surface area (Å²) in [5.74, 6) is 0.808. The second-order valence-corrected chi connectivity index (χ2v) is 6.49. The van der Waals surface area contributed by atoms with Crippen LogP contribution in [-0.2, 0) is 11.4 Å². The van der Waals surface area contributed by atoms with Gasteiger partial charge >= 0.3 is 0 Å². The Bertz CT molecular complexity index is 1040. The van der Waals surface area contributed by atoms with Crippen LogP contribution in [0.3, 0.4) is 0 Å². The van der Waals surface area contributed by atoms with E-state index < -0.39 is 0 Å². The van der Waals surface area contributed by atoms with Gasteiger partial charge in [0.25, 0.3) is 5.56 Å². The van der Waals surface area contributed by atoms with Crippen molar-refractivity contribution in [2.75, 3.05) is 7.11 Å². The van der Waals surface area contributed by atoms with Crippen LogP contribution in [0, 0.1) is 6.92 Å². The van der Waals surface area contributed by atoms with Crippen LogP contribution in [0.2, 0.25) is 0 Å². The van der Waals surface area contributed by atoms with E-state index in [1.165, 1.54) is 0 Å². The average molecular weight is 348 g/mol. The number of para-hydroxylation sites is 1. The first kappa shape index (κ1) is 16.4. The maximum absolute atomic E-state index is 12.5. The van der Waals surface area contributed by atoms with E-state index in [4.69, 9.17) is 9.57 Å². The third kappa shape index (κ3) is 2.96. The van der Waals surface area contributed by atoms with Crippen LogP contribution < -0.4 is 10.3 Å². The van der Waals surface area contributed by atoms with E-state index in [0.29, 0.717) is 13.0 Å². The highest BCUT2D eigenvalue weighted by atomic mass is 16.6. The molecule has 2 heterocycles. The number of rotatable bonds is 4. The summed E-state index contributed by atoms with van der Waals surface area (Å²) in [5.41, 5.74) is 3.81. The van der Waals surface area contributed by atoms with Gasteiger partial charge in [0, 0.05) is 17.9 Å². The van der Waals surface area contributed by atoms with Crippen molar-refractivity contribution in [3.05, 3.63) is 76.1 Å². The Kier molecular flexibility index (Phi) is 4.21. The van der Waals surface area contributed by atoms with Crippen LogP contribution in [0.15, 0.2) is 64.5 Å². The number of hydrogen-bond acceptors (Lipinski definition) is 4. The number of nitrogens with zero attached hydrogens (tertiary/aromatic N) is 2. The lowest BCUT2D eigenvalue weighted by Gasteiger charge is -2.15. The number of aromatic nitrogens is 1. The van der Waals surface area contributed by atoms with Crippen LogP contribution in [0.4, 0.5) is 0 Å². The molecule has 1 atom stereocenters. The number of ether oxygens (including phenoxy) is 1. The first-order valence-electron chi connectivity index (χ1n) is 8.62. The first-order chi connectivity index (χ1) is 12.7. The number of hydrogen-bond donors (Lipinski definition) is 0. The molecule has 2 aromatic carbocycles. The molecule has 4 rings (SSSR count). The van der Waals surface area contributed by atoms with Gasteiger partial charge in [-0.1, -0.05) is 23.4 Å². The topological polar surface area (TPSA) is 52.8 Å². The molecule has 1 aliphatic heterocycles. The number of pyridine rings is 1. The van der Waals surface area contributed by atoms with E-state index >= 15 is 0 Å². The lowest BCUT2D eigenvalue weighted by molar-refractivity contribution is 0.0727. The van der Waals surface area contributed by atoms with E-state index in [9.17, 15) is 4.79 Å². The van der Waals surface area contributed by atoms with Gasteiger partial charge in [0.1, 0.15) is 5.75 Å². The molecule has 0 radical (unpaired) electrons. The Hall–Kier alpha value is -3.08. The zero-order valence-corrected chi connectivity index (χ0v) is 14.8. The van der Waals surface area contributed by atoms with Gasteiger partial charge in [-0.3, -0.25) is 4.79 Å². The number of oxime groups is 1. The van der Waals surface area contributed by atoms with Gasteiger partial charge in [0.05, 0.1) is 24.9 Å². The third-order valence-electron chi connectivity index (χ3n) is 4.77. The summed E-state index contributed by atoms with van der Waals surface area (Å²) in [5, 5.41) is 5.31. The highest BCUT2D eigenvalue weighted by molar-refractivity contribution is 6.01. The monoisotopic (exact) mass is 348 g/mol. The molecule has 26 heavy (non-hydrogen) atoms. The molecule has 5 heteroatoms. The summed E-state index contributed by atoms with van der Waals surface area (Å²) in [6, 6.07) is 17.4. The molecule has 1 aliphatic rings. The van der Waals surface area contributed by atoms with E-state index in [1.807, 2.05) is 55.5 Å². The van der Waals surface area contributed by atoms with Gasteiger partial charge in [0.15, 0.2) is 6.10 Å². The summed E-state index contributed by atoms with van der Waals surface area (Å²) >= 11 is 0. The van der Waals surface area contributed by atoms with Crippen molar-refractivity contribution in [3.63, 3.8) is 0 Å². The minimum absolute atomic E-state index is 0.0114. The Labute approximate surface area is 151 Å². The Balaban J connectivity index is 1.57. The van der Waals surface area contributed by atoms with Gasteiger partial charge in [-0.2, -0.15) is 0 Å². The maximum Gasteiger partial charge on any atom is 0.251 e. The Morgan fingerprint density at radius 3 is 2.73 bits per heavy atom. The smallest absolute Gasteiger partial charge is 0.251 e. The SMILES string of the molecule is COc1ccc(C2=NO[C@H](Cn3c(=O)cc(C)c4ccccc43)C2)cc1. The number of fused-ring (bicyclic) bond motifs is 1. The molecule has 0 aliphatic carbocycles. The van der Waals surface area contributed by atoms with Crippen LogP contribution in [0.5, 0.6) is 5.75 Å². The molecular formula is C21H20N2O3. The zero-order valence-electron chi connectivity index (χ0n) is 14.8. The number of benzene rings is 2. The van der Waals surface area contributed by atoms with Crippen molar-refractivity contribution in [1.29, 1.82) is 0 Å². The normalized spacial score (nSPS) is 16.4. The maximum atomic E-state index is 12.5. The average Bonchev–Trinajstić information content (AvgIpc) is 3.14. The minimum Gasteiger partial charge on any atom is -0.497 e. The highest BCUT2D eigenvalue weighted by Gasteiger charge is 2.23. The van der Waals surface area contributed by atoms with Crippen LogP contribution in [0.1, 0.15) is 17.5 Å². The fourth-order valence-corrected chi connectivity index (χ4v) is 3.37. The number of methoxy groups -OCH3 is 1. The molecule has 0 amide bonds. The molecule has 5 nitrogen and oxygen atoms in total. The summed E-state index contributed by atoms with van der Waals surface area (Å²) in [6.45, 7) is 2.44. The summed E-state index contributed by atoms with van der Waals surface area (Å²) in [7, 11) is 1.64. The van der Waals surface area contributed by atoms with E-state index in [2.05, 4.69) is 5.16 Å². The fraction of sp³-hybridized carbons (Fsp3) is 0.238. The standard InChI is InChI=1S/C21H20N2O3/c1-14-11-21(24)23(20-6-4-3-5-18(14)20)13-17-12-19(22-26-17)15-7-9-16(25-2)10-8-15/h3-11,17H,12-13H2,1-2H3/t17-/m0/s1. The summed E-state index contributed by atoms with van der Waals surface area (Å²) in [6.07, 6.45) is 0.511. The molecule has 0 N–H and O–H groups in total. The predicted molar refractivity (Wildman–Crippen MR) is 102 cm³/mol. The minimum atomic E-state index is -0.157.